The zero-order valence-corrected chi connectivity index (χ0v) is 32.3. The van der Waals surface area contributed by atoms with E-state index in [1.54, 1.807) is 63.0 Å². The molecule has 0 spiro atoms. The number of unbranched alkanes of at least 4 members (excludes halogenated alkanes) is 1. The maximum absolute atomic E-state index is 14.6. The van der Waals surface area contributed by atoms with Gasteiger partial charge in [0.15, 0.2) is 17.5 Å². The number of fused-ring (bicyclic) bond motifs is 2. The van der Waals surface area contributed by atoms with Crippen LogP contribution in [0.1, 0.15) is 56.7 Å². The van der Waals surface area contributed by atoms with Crippen molar-refractivity contribution in [1.29, 1.82) is 0 Å². The number of amides is 1. The molecule has 0 aliphatic rings. The van der Waals surface area contributed by atoms with Crippen molar-refractivity contribution in [3.63, 3.8) is 0 Å². The molecular weight excluding hydrogens is 764 g/mol. The molecule has 3 aromatic carbocycles. The Hall–Kier alpha value is -5.63. The number of nitrogens with zero attached hydrogens (tertiary/aromatic N) is 6. The molecule has 3 aromatic heterocycles. The number of aromatic nitrogens is 6. The molecule has 1 amide bonds. The molecule has 0 bridgehead atoms. The monoisotopic (exact) mass is 798 g/mol. The second-order valence-corrected chi connectivity index (χ2v) is 14.4. The smallest absolute Gasteiger partial charge is 0.550 e. The number of halogens is 4. The van der Waals surface area contributed by atoms with Crippen LogP contribution in [0.5, 0.6) is 0 Å². The molecule has 0 unspecified atom stereocenters. The van der Waals surface area contributed by atoms with Gasteiger partial charge in [-0.3, -0.25) is 14.2 Å². The van der Waals surface area contributed by atoms with E-state index in [1.807, 2.05) is 0 Å². The number of nitrogens with one attached hydrogen (secondary N) is 2. The van der Waals surface area contributed by atoms with Crippen LogP contribution in [0.3, 0.4) is 0 Å². The van der Waals surface area contributed by atoms with Gasteiger partial charge in [-0.1, -0.05) is 29.8 Å². The zero-order chi connectivity index (χ0) is 40.5. The summed E-state index contributed by atoms with van der Waals surface area (Å²) in [6.45, 7) is 4.44. The largest absolute Gasteiger partial charge is 1.00 e. The first-order valence-electron chi connectivity index (χ1n) is 17.3. The Balaban J connectivity index is 0.00000620. The van der Waals surface area contributed by atoms with E-state index in [0.717, 1.165) is 9.13 Å². The van der Waals surface area contributed by atoms with Crippen LogP contribution in [0.25, 0.3) is 27.4 Å². The van der Waals surface area contributed by atoms with Crippen molar-refractivity contribution in [3.05, 3.63) is 115 Å². The Bertz CT molecular complexity index is 2620. The minimum Gasteiger partial charge on any atom is -0.550 e. The number of carbonyl (C=O) groups excluding carboxylic acids is 2. The first-order valence-corrected chi connectivity index (χ1v) is 17.7. The van der Waals surface area contributed by atoms with Gasteiger partial charge in [-0.2, -0.15) is 10.1 Å². The third-order valence-electron chi connectivity index (χ3n) is 8.65. The Labute approximate surface area is 339 Å². The topological polar surface area (TPSA) is 178 Å². The molecule has 0 aliphatic carbocycles. The molecule has 0 saturated carbocycles. The third-order valence-corrected chi connectivity index (χ3v) is 8.95. The van der Waals surface area contributed by atoms with Gasteiger partial charge in [0.25, 0.3) is 0 Å². The summed E-state index contributed by atoms with van der Waals surface area (Å²) < 4.78 is 51.6. The molecule has 0 atom stereocenters. The molecule has 6 rings (SSSR count). The molecule has 0 saturated heterocycles. The third kappa shape index (κ3) is 9.50. The van der Waals surface area contributed by atoms with E-state index in [-0.39, 0.29) is 72.6 Å². The van der Waals surface area contributed by atoms with Crippen LogP contribution in [0.15, 0.2) is 64.6 Å². The molecule has 0 aliphatic heterocycles. The minimum atomic E-state index is -1.71. The fraction of sp³-hybridized carbons (Fsp3) is 0.289. The summed E-state index contributed by atoms with van der Waals surface area (Å²) in [5.74, 6) is -6.32. The molecule has 0 radical (unpaired) electrons. The number of aliphatic carboxylic acids is 1. The van der Waals surface area contributed by atoms with E-state index >= 15 is 0 Å². The average molecular weight is 799 g/mol. The van der Waals surface area contributed by atoms with E-state index in [4.69, 9.17) is 16.3 Å². The Morgan fingerprint density at radius 2 is 1.75 bits per heavy atom. The number of hydrogen-bond acceptors (Lipinski definition) is 10. The predicted octanol–water partition coefficient (Wildman–Crippen LogP) is 2.18. The predicted molar refractivity (Wildman–Crippen MR) is 199 cm³/mol. The van der Waals surface area contributed by atoms with Gasteiger partial charge in [0.05, 0.1) is 34.7 Å². The molecule has 2 N–H and O–H groups in total. The van der Waals surface area contributed by atoms with E-state index in [2.05, 4.69) is 25.7 Å². The molecule has 3 heterocycles. The first kappa shape index (κ1) is 42.5. The summed E-state index contributed by atoms with van der Waals surface area (Å²) in [6, 6.07) is 8.02. The number of hydrogen-bond donors (Lipinski definition) is 2. The van der Waals surface area contributed by atoms with Crippen molar-refractivity contribution in [2.45, 2.75) is 65.1 Å². The van der Waals surface area contributed by atoms with Gasteiger partial charge in [0.2, 0.25) is 5.95 Å². The van der Waals surface area contributed by atoms with E-state index < -0.39 is 53.0 Å². The van der Waals surface area contributed by atoms with Crippen LogP contribution in [0.2, 0.25) is 5.02 Å². The van der Waals surface area contributed by atoms with Crippen molar-refractivity contribution >= 4 is 57.0 Å². The summed E-state index contributed by atoms with van der Waals surface area (Å²) in [5.41, 5.74) is -1.34. The van der Waals surface area contributed by atoms with Gasteiger partial charge in [0, 0.05) is 48.1 Å². The fourth-order valence-corrected chi connectivity index (χ4v) is 6.57. The quantitative estimate of drug-likeness (QED) is 0.106. The standard InChI is InChI=1S/C38H36ClF3N8O6.Li/c1-38(2,3)56-36(54)44-16-22-9-7-8-21-15-43-17-29(31(21)22)50-35(53)46-34(49(37(50)55)18-20-12-26(40)32(42)27(41)13-20)45-33-23(10-5-6-11-30(51)52)24-19-48(4)47-28(24)14-25(33)39;/h7-9,12-15,17,19H,5-6,10-11,16,18H2,1-4H3,(H,44,54)(H,51,52)(H,45,46,53);/q;+1/p-1. The number of carboxylic acid groups (broad SMARTS) is 1. The molecule has 6 aromatic rings. The molecule has 0 fully saturated rings. The number of ether oxygens (including phenoxy) is 1. The van der Waals surface area contributed by atoms with Crippen molar-refractivity contribution in [2.24, 2.45) is 7.05 Å². The summed E-state index contributed by atoms with van der Waals surface area (Å²) in [5, 5.41) is 22.8. The number of carboxylic acids is 1. The SMILES string of the molecule is Cn1cc2c(CCCCC(=O)[O-])c(Nc3nc(=O)n(-c4cncc5cccc(CNC(=O)OC(C)(C)C)c45)c(=O)n3Cc3cc(F)c(F)c(F)c3)c(Cl)cc2n1.[Li+]. The molecular formula is C38H35ClF3LiN8O6. The molecule has 292 valence electrons. The Kier molecular flexibility index (Phi) is 12.9. The van der Waals surface area contributed by atoms with Crippen molar-refractivity contribution in [2.75, 3.05) is 5.32 Å². The maximum Gasteiger partial charge on any atom is 1.00 e. The summed E-state index contributed by atoms with van der Waals surface area (Å²) >= 11 is 6.78. The van der Waals surface area contributed by atoms with Crippen molar-refractivity contribution in [1.82, 2.24) is 34.2 Å². The van der Waals surface area contributed by atoms with Crippen LogP contribution in [-0.2, 0) is 36.1 Å². The number of aryl methyl sites for hydroxylation is 2. The van der Waals surface area contributed by atoms with Gasteiger partial charge >= 0.3 is 36.3 Å². The number of alkyl carbamates (subject to hydrolysis) is 1. The van der Waals surface area contributed by atoms with Gasteiger partial charge in [0.1, 0.15) is 5.60 Å². The summed E-state index contributed by atoms with van der Waals surface area (Å²) in [4.78, 5) is 60.8. The number of rotatable bonds is 12. The molecule has 19 heteroatoms. The van der Waals surface area contributed by atoms with Gasteiger partial charge in [-0.25, -0.2) is 32.1 Å². The molecule has 14 nitrogen and oxygen atoms in total. The normalized spacial score (nSPS) is 11.4. The van der Waals surface area contributed by atoms with Gasteiger partial charge in [-0.05, 0) is 81.3 Å². The molecule has 57 heavy (non-hydrogen) atoms. The van der Waals surface area contributed by atoms with Crippen molar-refractivity contribution < 1.29 is 51.5 Å². The zero-order valence-electron chi connectivity index (χ0n) is 31.6. The number of carbonyl (C=O) groups is 2. The number of pyridine rings is 1. The van der Waals surface area contributed by atoms with Crippen molar-refractivity contribution in [3.8, 4) is 5.69 Å². The van der Waals surface area contributed by atoms with Crippen LogP contribution < -0.4 is 46.0 Å². The van der Waals surface area contributed by atoms with Crippen LogP contribution in [0.4, 0.5) is 29.6 Å². The second kappa shape index (κ2) is 17.2. The van der Waals surface area contributed by atoms with Crippen LogP contribution in [0, 0.1) is 17.5 Å². The minimum absolute atomic E-state index is 0. The maximum atomic E-state index is 14.6. The Morgan fingerprint density at radius 1 is 1.04 bits per heavy atom. The van der Waals surface area contributed by atoms with E-state index in [0.29, 0.717) is 51.4 Å². The van der Waals surface area contributed by atoms with Gasteiger partial charge < -0.3 is 25.3 Å². The van der Waals surface area contributed by atoms with E-state index in [9.17, 15) is 37.5 Å². The van der Waals surface area contributed by atoms with Crippen LogP contribution in [-0.4, -0.2) is 46.5 Å². The average Bonchev–Trinajstić information content (AvgIpc) is 3.49. The fourth-order valence-electron chi connectivity index (χ4n) is 6.30. The first-order chi connectivity index (χ1) is 26.5. The van der Waals surface area contributed by atoms with E-state index in [1.165, 1.54) is 12.4 Å². The van der Waals surface area contributed by atoms with Crippen LogP contribution >= 0.6 is 11.6 Å². The number of anilines is 2. The van der Waals surface area contributed by atoms with Gasteiger partial charge in [-0.15, -0.1) is 0 Å². The Morgan fingerprint density at radius 3 is 2.44 bits per heavy atom. The number of benzene rings is 3. The summed E-state index contributed by atoms with van der Waals surface area (Å²) in [7, 11) is 1.70. The summed E-state index contributed by atoms with van der Waals surface area (Å²) in [6.07, 6.45) is 4.50. The second-order valence-electron chi connectivity index (χ2n) is 14.0.